The maximum Gasteiger partial charge on any atom is 0.323 e. The van der Waals surface area contributed by atoms with Gasteiger partial charge in [0.05, 0.1) is 0 Å². The van der Waals surface area contributed by atoms with Crippen molar-refractivity contribution in [2.75, 3.05) is 10.6 Å². The summed E-state index contributed by atoms with van der Waals surface area (Å²) in [7, 11) is 0. The lowest BCUT2D eigenvalue weighted by Crippen LogP contribution is -2.61. The molecule has 2 aromatic heterocycles. The highest BCUT2D eigenvalue weighted by atomic mass is 16.5. The van der Waals surface area contributed by atoms with E-state index in [9.17, 15) is 20.8 Å². The van der Waals surface area contributed by atoms with Crippen molar-refractivity contribution in [3.05, 3.63) is 0 Å². The van der Waals surface area contributed by atoms with E-state index in [4.69, 9.17) is 19.4 Å². The predicted molar refractivity (Wildman–Crippen MR) is 232 cm³/mol. The molecule has 20 nitrogen and oxygen atoms in total. The van der Waals surface area contributed by atoms with Crippen molar-refractivity contribution in [3.8, 4) is 12.0 Å². The van der Waals surface area contributed by atoms with Crippen LogP contribution in [0.4, 0.5) is 23.8 Å². The Labute approximate surface area is 367 Å². The summed E-state index contributed by atoms with van der Waals surface area (Å²) >= 11 is 0. The van der Waals surface area contributed by atoms with Crippen molar-refractivity contribution in [2.45, 2.75) is 231 Å². The number of azo groups is 1. The zero-order valence-electron chi connectivity index (χ0n) is 39.9. The number of anilines is 2. The van der Waals surface area contributed by atoms with Gasteiger partial charge in [-0.25, -0.2) is 0 Å². The fourth-order valence-electron chi connectivity index (χ4n) is 11.0. The largest absolute Gasteiger partial charge is 0.460 e. The highest BCUT2D eigenvalue weighted by Gasteiger charge is 2.49. The Morgan fingerprint density at radius 2 is 0.645 bits per heavy atom. The zero-order chi connectivity index (χ0) is 46.2. The molecule has 0 saturated carbocycles. The predicted octanol–water partition coefficient (Wildman–Crippen LogP) is 7.70. The molecule has 0 spiro atoms. The molecular weight excluding hydrogens is 797 g/mol. The fraction of sp³-hybridized carbons (Fsp3) is 0.857. The number of aromatic nitrogens is 6. The molecule has 6 heterocycles. The summed E-state index contributed by atoms with van der Waals surface area (Å²) in [6.45, 7) is 31.6. The van der Waals surface area contributed by atoms with Crippen LogP contribution in [0.2, 0.25) is 0 Å². The molecule has 0 aliphatic carbocycles. The minimum Gasteiger partial charge on any atom is -0.460 e. The number of hydrogen-bond donors (Lipinski definition) is 6. The summed E-state index contributed by atoms with van der Waals surface area (Å²) in [5.41, 5.74) is -4.45. The molecule has 4 aliphatic rings. The van der Waals surface area contributed by atoms with Crippen LogP contribution in [0.25, 0.3) is 0 Å². The summed E-state index contributed by atoms with van der Waals surface area (Å²) in [6, 6.07) is -0.145. The molecule has 0 unspecified atom stereocenters. The van der Waals surface area contributed by atoms with Crippen molar-refractivity contribution < 1.29 is 30.3 Å². The molecule has 20 heteroatoms. The number of ether oxygens (including phenoxy) is 2. The van der Waals surface area contributed by atoms with Crippen LogP contribution in [0.3, 0.4) is 0 Å². The first-order chi connectivity index (χ1) is 28.2. The summed E-state index contributed by atoms with van der Waals surface area (Å²) in [5.74, 6) is 0.355. The lowest BCUT2D eigenvalue weighted by atomic mass is 9.79. The van der Waals surface area contributed by atoms with Gasteiger partial charge >= 0.3 is 12.0 Å². The minimum absolute atomic E-state index is 0.0421. The average Bonchev–Trinajstić information content (AvgIpc) is 3.09. The Morgan fingerprint density at radius 3 is 0.903 bits per heavy atom. The van der Waals surface area contributed by atoms with Gasteiger partial charge < -0.3 is 40.9 Å². The maximum absolute atomic E-state index is 11.0. The molecule has 6 rings (SSSR count). The van der Waals surface area contributed by atoms with Gasteiger partial charge in [0.25, 0.3) is 11.9 Å². The quantitative estimate of drug-likeness (QED) is 0.125. The van der Waals surface area contributed by atoms with E-state index in [1.165, 1.54) is 20.3 Å². The van der Waals surface area contributed by atoms with Gasteiger partial charge in [-0.15, -0.1) is 10.2 Å². The fourth-order valence-corrected chi connectivity index (χ4v) is 11.0. The van der Waals surface area contributed by atoms with Gasteiger partial charge in [-0.2, -0.15) is 50.2 Å². The molecule has 4 fully saturated rings. The lowest BCUT2D eigenvalue weighted by Gasteiger charge is -2.51. The third kappa shape index (κ3) is 10.4. The van der Waals surface area contributed by atoms with Crippen LogP contribution in [0.5, 0.6) is 12.0 Å². The molecule has 4 saturated heterocycles. The molecule has 62 heavy (non-hydrogen) atoms. The van der Waals surface area contributed by atoms with Crippen molar-refractivity contribution in [3.63, 3.8) is 0 Å². The van der Waals surface area contributed by atoms with Crippen LogP contribution in [-0.2, 0) is 0 Å². The number of nitrogens with one attached hydrogen (secondary N) is 2. The first-order valence-corrected chi connectivity index (χ1v) is 22.0. The standard InChI is InChI=1S/C42H74N14O6/c1-35(2)17-25(18-36(3,4)53(35)57)43-29-45-31(49-33(47-29)61-27-21-39(9,10)55(59)40(11,12)22-27)51-52-32-46-30(44-26-19-37(5,6)54(58)38(7,8)20-26)48-34(50-32)62-28-23-41(13,14)56(60)42(15,16)24-28/h25-28,57-60H,17-24H2,1-16H3,(H,43,45,47,49)(H,44,46,48,50). The number of hydrogen-bond acceptors (Lipinski definition) is 20. The summed E-state index contributed by atoms with van der Waals surface area (Å²) < 4.78 is 13.0. The van der Waals surface area contributed by atoms with Crippen LogP contribution in [0.1, 0.15) is 162 Å². The van der Waals surface area contributed by atoms with E-state index in [0.717, 1.165) is 0 Å². The van der Waals surface area contributed by atoms with E-state index in [1.807, 2.05) is 111 Å². The SMILES string of the molecule is CC1(C)CC(Nc2nc(N=Nc3nc(NC4CC(C)(C)N(O)C(C)(C)C4)nc(OC4CC(C)(C)N(O)C(C)(C)C4)n3)nc(OC3CC(C)(C)N(O)C(C)(C)C3)n2)CC(C)(C)N1O. The second-order valence-corrected chi connectivity index (χ2v) is 23.2. The monoisotopic (exact) mass is 871 g/mol. The van der Waals surface area contributed by atoms with Gasteiger partial charge in [0.15, 0.2) is 0 Å². The topological polar surface area (TPSA) is 238 Å². The Kier molecular flexibility index (Phi) is 12.5. The summed E-state index contributed by atoms with van der Waals surface area (Å²) in [6.07, 6.45) is 3.77. The third-order valence-electron chi connectivity index (χ3n) is 13.1. The Hall–Kier alpha value is -3.50. The Balaban J connectivity index is 1.35. The molecular formula is C42H74N14O6. The smallest absolute Gasteiger partial charge is 0.323 e. The van der Waals surface area contributed by atoms with E-state index < -0.39 is 44.3 Å². The minimum atomic E-state index is -0.579. The average molecular weight is 871 g/mol. The van der Waals surface area contributed by atoms with Crippen LogP contribution in [0, 0.1) is 0 Å². The molecule has 0 bridgehead atoms. The first-order valence-electron chi connectivity index (χ1n) is 22.0. The van der Waals surface area contributed by atoms with Crippen LogP contribution in [-0.4, -0.2) is 140 Å². The molecule has 0 aromatic carbocycles. The third-order valence-corrected chi connectivity index (χ3v) is 13.1. The lowest BCUT2D eigenvalue weighted by molar-refractivity contribution is -0.255. The van der Waals surface area contributed by atoms with Gasteiger partial charge in [0, 0.05) is 82.1 Å². The van der Waals surface area contributed by atoms with E-state index in [0.29, 0.717) is 51.4 Å². The van der Waals surface area contributed by atoms with Gasteiger partial charge in [-0.05, 0) is 136 Å². The Bertz CT molecular complexity index is 1640. The van der Waals surface area contributed by atoms with Crippen molar-refractivity contribution in [1.29, 1.82) is 0 Å². The second kappa shape index (κ2) is 16.2. The van der Waals surface area contributed by atoms with E-state index in [-0.39, 0.29) is 60.1 Å². The van der Waals surface area contributed by atoms with Crippen LogP contribution < -0.4 is 20.1 Å². The maximum atomic E-state index is 11.0. The van der Waals surface area contributed by atoms with Gasteiger partial charge in [-0.1, -0.05) is 0 Å². The van der Waals surface area contributed by atoms with Gasteiger partial charge in [0.1, 0.15) is 12.2 Å². The highest BCUT2D eigenvalue weighted by molar-refractivity contribution is 5.36. The van der Waals surface area contributed by atoms with Gasteiger partial charge in [0.2, 0.25) is 11.9 Å². The molecule has 4 aliphatic heterocycles. The van der Waals surface area contributed by atoms with Crippen molar-refractivity contribution >= 4 is 23.8 Å². The number of hydroxylamine groups is 8. The van der Waals surface area contributed by atoms with Gasteiger partial charge in [-0.3, -0.25) is 0 Å². The van der Waals surface area contributed by atoms with Crippen molar-refractivity contribution in [2.24, 2.45) is 10.2 Å². The molecule has 0 amide bonds. The molecule has 6 N–H and O–H groups in total. The molecule has 348 valence electrons. The summed E-state index contributed by atoms with van der Waals surface area (Å²) in [4.78, 5) is 27.9. The number of nitrogens with zero attached hydrogens (tertiary/aromatic N) is 12. The zero-order valence-corrected chi connectivity index (χ0v) is 39.9. The Morgan fingerprint density at radius 1 is 0.403 bits per heavy atom. The number of piperidine rings is 4. The van der Waals surface area contributed by atoms with E-state index in [1.54, 1.807) is 0 Å². The van der Waals surface area contributed by atoms with Crippen LogP contribution in [0.15, 0.2) is 10.2 Å². The van der Waals surface area contributed by atoms with Crippen molar-refractivity contribution in [1.82, 2.24) is 50.2 Å². The number of rotatable bonds is 10. The first kappa shape index (κ1) is 48.0. The normalized spacial score (nSPS) is 27.0. The van der Waals surface area contributed by atoms with Crippen LogP contribution >= 0.6 is 0 Å². The summed E-state index contributed by atoms with van der Waals surface area (Å²) in [5, 5.41) is 65.3. The second-order valence-electron chi connectivity index (χ2n) is 23.2. The van der Waals surface area contributed by atoms with E-state index in [2.05, 4.69) is 40.8 Å². The van der Waals surface area contributed by atoms with E-state index >= 15 is 0 Å². The molecule has 2 aromatic rings. The molecule has 0 atom stereocenters. The highest BCUT2D eigenvalue weighted by Crippen LogP contribution is 2.42. The molecule has 0 radical (unpaired) electrons.